The van der Waals surface area contributed by atoms with Crippen LogP contribution < -0.4 is 0 Å². The predicted octanol–water partition coefficient (Wildman–Crippen LogP) is 2.67. The number of fused-ring (bicyclic) bond motifs is 1. The molecule has 0 fully saturated rings. The van der Waals surface area contributed by atoms with Crippen molar-refractivity contribution in [3.8, 4) is 0 Å². The quantitative estimate of drug-likeness (QED) is 0.619. The second-order valence-electron chi connectivity index (χ2n) is 3.70. The Morgan fingerprint density at radius 1 is 1.31 bits per heavy atom. The van der Waals surface area contributed by atoms with Crippen LogP contribution in [0.1, 0.15) is 47.2 Å². The van der Waals surface area contributed by atoms with Gasteiger partial charge in [-0.25, -0.2) is 0 Å². The monoisotopic (exact) mass is 178 g/mol. The van der Waals surface area contributed by atoms with E-state index >= 15 is 0 Å². The van der Waals surface area contributed by atoms with Crippen LogP contribution in [-0.2, 0) is 12.8 Å². The molecule has 0 radical (unpaired) electrons. The van der Waals surface area contributed by atoms with Gasteiger partial charge in [0.1, 0.15) is 11.5 Å². The van der Waals surface area contributed by atoms with E-state index in [-0.39, 0.29) is 5.78 Å². The van der Waals surface area contributed by atoms with E-state index in [1.165, 1.54) is 18.4 Å². The Hall–Kier alpha value is -1.05. The van der Waals surface area contributed by atoms with Crippen LogP contribution in [-0.4, -0.2) is 5.78 Å². The fourth-order valence-corrected chi connectivity index (χ4v) is 2.16. The molecular formula is C11H14O2. The maximum Gasteiger partial charge on any atom is 0.163 e. The first-order valence-corrected chi connectivity index (χ1v) is 4.82. The number of furan rings is 1. The van der Waals surface area contributed by atoms with Gasteiger partial charge in [-0.05, 0) is 33.1 Å². The number of rotatable bonds is 1. The number of hydrogen-bond acceptors (Lipinski definition) is 2. The molecule has 0 saturated carbocycles. The van der Waals surface area contributed by atoms with Gasteiger partial charge in [0.05, 0.1) is 5.56 Å². The van der Waals surface area contributed by atoms with E-state index < -0.39 is 0 Å². The van der Waals surface area contributed by atoms with E-state index in [0.29, 0.717) is 0 Å². The van der Waals surface area contributed by atoms with Gasteiger partial charge in [-0.3, -0.25) is 4.79 Å². The minimum absolute atomic E-state index is 0.143. The van der Waals surface area contributed by atoms with Crippen LogP contribution in [0.5, 0.6) is 0 Å². The molecule has 1 aliphatic rings. The fraction of sp³-hybridized carbons (Fsp3) is 0.545. The van der Waals surface area contributed by atoms with E-state index in [1.54, 1.807) is 6.92 Å². The average Bonchev–Trinajstić information content (AvgIpc) is 2.39. The van der Waals surface area contributed by atoms with Crippen molar-refractivity contribution in [2.75, 3.05) is 0 Å². The van der Waals surface area contributed by atoms with E-state index in [0.717, 1.165) is 29.9 Å². The molecular weight excluding hydrogens is 164 g/mol. The molecule has 1 aromatic rings. The second-order valence-corrected chi connectivity index (χ2v) is 3.70. The Balaban J connectivity index is 2.54. The van der Waals surface area contributed by atoms with Gasteiger partial charge in [0.2, 0.25) is 0 Å². The summed E-state index contributed by atoms with van der Waals surface area (Å²) in [6.45, 7) is 3.50. The average molecular weight is 178 g/mol. The van der Waals surface area contributed by atoms with Crippen molar-refractivity contribution in [1.29, 1.82) is 0 Å². The highest BCUT2D eigenvalue weighted by atomic mass is 16.3. The zero-order valence-electron chi connectivity index (χ0n) is 8.14. The van der Waals surface area contributed by atoms with Gasteiger partial charge in [0.15, 0.2) is 5.78 Å². The summed E-state index contributed by atoms with van der Waals surface area (Å²) in [5.74, 6) is 2.00. The van der Waals surface area contributed by atoms with Crippen LogP contribution in [0.4, 0.5) is 0 Å². The molecule has 0 amide bonds. The minimum atomic E-state index is 0.143. The molecule has 0 unspecified atom stereocenters. The molecule has 2 heteroatoms. The number of carbonyl (C=O) groups excluding carboxylic acids is 1. The van der Waals surface area contributed by atoms with E-state index in [2.05, 4.69) is 0 Å². The third-order valence-electron chi connectivity index (χ3n) is 2.70. The molecule has 13 heavy (non-hydrogen) atoms. The lowest BCUT2D eigenvalue weighted by Crippen LogP contribution is -2.04. The number of aryl methyl sites for hydroxylation is 2. The standard InChI is InChI=1S/C11H14O2/c1-7(12)11-8(2)13-10-6-4-3-5-9(10)11/h3-6H2,1-2H3. The number of ketones is 1. The Labute approximate surface area is 77.9 Å². The fourth-order valence-electron chi connectivity index (χ4n) is 2.16. The molecule has 0 aromatic carbocycles. The highest BCUT2D eigenvalue weighted by molar-refractivity contribution is 5.96. The lowest BCUT2D eigenvalue weighted by atomic mass is 9.93. The van der Waals surface area contributed by atoms with Gasteiger partial charge in [-0.2, -0.15) is 0 Å². The minimum Gasteiger partial charge on any atom is -0.465 e. The topological polar surface area (TPSA) is 30.2 Å². The Morgan fingerprint density at radius 3 is 2.69 bits per heavy atom. The Kier molecular flexibility index (Phi) is 1.98. The zero-order chi connectivity index (χ0) is 9.42. The van der Waals surface area contributed by atoms with Crippen molar-refractivity contribution in [2.45, 2.75) is 39.5 Å². The summed E-state index contributed by atoms with van der Waals surface area (Å²) in [6.07, 6.45) is 4.40. The third-order valence-corrected chi connectivity index (χ3v) is 2.70. The number of Topliss-reactive ketones (excluding diaryl/α,β-unsaturated/α-hetero) is 1. The summed E-state index contributed by atoms with van der Waals surface area (Å²) in [5.41, 5.74) is 2.02. The smallest absolute Gasteiger partial charge is 0.163 e. The molecule has 0 spiro atoms. The van der Waals surface area contributed by atoms with Gasteiger partial charge in [-0.1, -0.05) is 0 Å². The molecule has 2 rings (SSSR count). The molecule has 1 heterocycles. The summed E-state index contributed by atoms with van der Waals surface area (Å²) < 4.78 is 5.58. The van der Waals surface area contributed by atoms with Gasteiger partial charge >= 0.3 is 0 Å². The molecule has 2 nitrogen and oxygen atoms in total. The lowest BCUT2D eigenvalue weighted by Gasteiger charge is -2.09. The molecule has 0 bridgehead atoms. The molecule has 0 atom stereocenters. The van der Waals surface area contributed by atoms with Crippen LogP contribution in [0.15, 0.2) is 4.42 Å². The van der Waals surface area contributed by atoms with Crippen LogP contribution in [0.2, 0.25) is 0 Å². The van der Waals surface area contributed by atoms with Crippen LogP contribution in [0.3, 0.4) is 0 Å². The first kappa shape index (κ1) is 8.54. The van der Waals surface area contributed by atoms with Crippen molar-refractivity contribution in [2.24, 2.45) is 0 Å². The summed E-state index contributed by atoms with van der Waals surface area (Å²) >= 11 is 0. The van der Waals surface area contributed by atoms with Gasteiger partial charge in [0.25, 0.3) is 0 Å². The van der Waals surface area contributed by atoms with Crippen LogP contribution >= 0.6 is 0 Å². The molecule has 0 aliphatic heterocycles. The summed E-state index contributed by atoms with van der Waals surface area (Å²) in [7, 11) is 0. The maximum absolute atomic E-state index is 11.3. The summed E-state index contributed by atoms with van der Waals surface area (Å²) in [5, 5.41) is 0. The highest BCUT2D eigenvalue weighted by Gasteiger charge is 2.22. The third kappa shape index (κ3) is 1.30. The zero-order valence-corrected chi connectivity index (χ0v) is 8.14. The summed E-state index contributed by atoms with van der Waals surface area (Å²) in [6, 6.07) is 0. The molecule has 70 valence electrons. The number of carbonyl (C=O) groups is 1. The molecule has 0 N–H and O–H groups in total. The van der Waals surface area contributed by atoms with Gasteiger partial charge < -0.3 is 4.42 Å². The van der Waals surface area contributed by atoms with Crippen molar-refractivity contribution >= 4 is 5.78 Å². The van der Waals surface area contributed by atoms with E-state index in [4.69, 9.17) is 4.42 Å². The largest absolute Gasteiger partial charge is 0.465 e. The van der Waals surface area contributed by atoms with Crippen LogP contribution in [0.25, 0.3) is 0 Å². The predicted molar refractivity (Wildman–Crippen MR) is 50.1 cm³/mol. The lowest BCUT2D eigenvalue weighted by molar-refractivity contribution is 0.101. The summed E-state index contributed by atoms with van der Waals surface area (Å²) in [4.78, 5) is 11.3. The van der Waals surface area contributed by atoms with Gasteiger partial charge in [0, 0.05) is 12.0 Å². The Morgan fingerprint density at radius 2 is 2.00 bits per heavy atom. The molecule has 0 saturated heterocycles. The maximum atomic E-state index is 11.3. The van der Waals surface area contributed by atoms with Crippen molar-refractivity contribution in [3.63, 3.8) is 0 Å². The van der Waals surface area contributed by atoms with Crippen molar-refractivity contribution in [1.82, 2.24) is 0 Å². The first-order chi connectivity index (χ1) is 6.20. The first-order valence-electron chi connectivity index (χ1n) is 4.82. The van der Waals surface area contributed by atoms with Crippen molar-refractivity contribution in [3.05, 3.63) is 22.6 Å². The second kappa shape index (κ2) is 3.02. The van der Waals surface area contributed by atoms with Crippen molar-refractivity contribution < 1.29 is 9.21 Å². The number of hydrogen-bond donors (Lipinski definition) is 0. The van der Waals surface area contributed by atoms with E-state index in [9.17, 15) is 4.79 Å². The SMILES string of the molecule is CC(=O)c1c(C)oc2c1CCCC2. The van der Waals surface area contributed by atoms with E-state index in [1.807, 2.05) is 6.92 Å². The normalized spacial score (nSPS) is 15.5. The van der Waals surface area contributed by atoms with Crippen LogP contribution in [0, 0.1) is 6.92 Å². The molecule has 1 aromatic heterocycles. The van der Waals surface area contributed by atoms with Gasteiger partial charge in [-0.15, -0.1) is 0 Å². The molecule has 1 aliphatic carbocycles. The highest BCUT2D eigenvalue weighted by Crippen LogP contribution is 2.29. The Bertz CT molecular complexity index is 347.